The standard InChI is InChI=1S/C33H60O5Si2/c1-32(2,3)39(8,9)37-29(25-18-16-17-19-25)23-22-27-26(20-14-12-13-15-21-31(35)36-7)28(34)24-30(27)38-40(10,11)33(4,5)6/h20,22-23,25,27,29-30H,12-19,21,24H2,1-11H3. The second-order valence-corrected chi connectivity index (χ2v) is 24.7. The lowest BCUT2D eigenvalue weighted by atomic mass is 9.95. The molecule has 3 unspecified atom stereocenters. The van der Waals surface area contributed by atoms with Crippen molar-refractivity contribution in [2.75, 3.05) is 7.11 Å². The van der Waals surface area contributed by atoms with E-state index in [1.165, 1.54) is 32.8 Å². The van der Waals surface area contributed by atoms with Gasteiger partial charge in [-0.05, 0) is 74.3 Å². The van der Waals surface area contributed by atoms with Crippen molar-refractivity contribution in [3.05, 3.63) is 23.8 Å². The van der Waals surface area contributed by atoms with E-state index in [2.05, 4.69) is 86.0 Å². The van der Waals surface area contributed by atoms with Crippen molar-refractivity contribution in [2.45, 2.75) is 154 Å². The van der Waals surface area contributed by atoms with Gasteiger partial charge in [-0.3, -0.25) is 9.59 Å². The lowest BCUT2D eigenvalue weighted by molar-refractivity contribution is -0.140. The van der Waals surface area contributed by atoms with Crippen LogP contribution in [0.15, 0.2) is 23.8 Å². The summed E-state index contributed by atoms with van der Waals surface area (Å²) < 4.78 is 18.7. The van der Waals surface area contributed by atoms with E-state index in [-0.39, 0.29) is 40.0 Å². The molecule has 2 aliphatic rings. The fourth-order valence-electron chi connectivity index (χ4n) is 5.24. The van der Waals surface area contributed by atoms with Gasteiger partial charge in [0.05, 0.1) is 19.3 Å². The van der Waals surface area contributed by atoms with Gasteiger partial charge < -0.3 is 13.6 Å². The molecule has 230 valence electrons. The first-order valence-electron chi connectivity index (χ1n) is 15.7. The number of carbonyl (C=O) groups excluding carboxylic acids is 2. The number of esters is 1. The number of rotatable bonds is 13. The highest BCUT2D eigenvalue weighted by molar-refractivity contribution is 6.74. The topological polar surface area (TPSA) is 61.8 Å². The predicted octanol–water partition coefficient (Wildman–Crippen LogP) is 9.15. The van der Waals surface area contributed by atoms with Gasteiger partial charge in [0.2, 0.25) is 0 Å². The van der Waals surface area contributed by atoms with E-state index >= 15 is 0 Å². The average Bonchev–Trinajstić information content (AvgIpc) is 3.45. The van der Waals surface area contributed by atoms with Gasteiger partial charge in [-0.25, -0.2) is 0 Å². The number of ketones is 1. The van der Waals surface area contributed by atoms with Crippen molar-refractivity contribution < 1.29 is 23.2 Å². The number of unbranched alkanes of at least 4 members (excludes halogenated alkanes) is 3. The van der Waals surface area contributed by atoms with Gasteiger partial charge in [-0.15, -0.1) is 0 Å². The molecule has 0 aromatic rings. The molecule has 7 heteroatoms. The Morgan fingerprint density at radius 2 is 1.55 bits per heavy atom. The van der Waals surface area contributed by atoms with Crippen LogP contribution in [0.3, 0.4) is 0 Å². The van der Waals surface area contributed by atoms with Gasteiger partial charge in [-0.1, -0.05) is 79.0 Å². The van der Waals surface area contributed by atoms with E-state index in [0.29, 0.717) is 18.8 Å². The Morgan fingerprint density at radius 3 is 2.10 bits per heavy atom. The molecule has 0 amide bonds. The second-order valence-electron chi connectivity index (χ2n) is 15.2. The molecule has 2 aliphatic carbocycles. The zero-order valence-corrected chi connectivity index (χ0v) is 29.7. The Hall–Kier alpha value is -1.03. The number of Topliss-reactive ketones (excluding diaryl/α,β-unsaturated/α-hetero) is 1. The van der Waals surface area contributed by atoms with Crippen molar-refractivity contribution in [1.82, 2.24) is 0 Å². The summed E-state index contributed by atoms with van der Waals surface area (Å²) in [6.45, 7) is 22.9. The van der Waals surface area contributed by atoms with E-state index < -0.39 is 16.6 Å². The third-order valence-corrected chi connectivity index (χ3v) is 19.0. The highest BCUT2D eigenvalue weighted by Crippen LogP contribution is 2.43. The number of methoxy groups -OCH3 is 1. The van der Waals surface area contributed by atoms with Crippen LogP contribution in [-0.4, -0.2) is 47.7 Å². The summed E-state index contributed by atoms with van der Waals surface area (Å²) in [7, 11) is -2.58. The van der Waals surface area contributed by atoms with Crippen LogP contribution >= 0.6 is 0 Å². The maximum Gasteiger partial charge on any atom is 0.305 e. The molecule has 2 saturated carbocycles. The van der Waals surface area contributed by atoms with Crippen molar-refractivity contribution >= 4 is 28.4 Å². The molecule has 0 aromatic heterocycles. The Kier molecular flexibility index (Phi) is 12.7. The molecule has 0 aliphatic heterocycles. The minimum absolute atomic E-state index is 0.0383. The van der Waals surface area contributed by atoms with Gasteiger partial charge in [-0.2, -0.15) is 0 Å². The number of hydrogen-bond acceptors (Lipinski definition) is 5. The zero-order valence-electron chi connectivity index (χ0n) is 27.7. The predicted molar refractivity (Wildman–Crippen MR) is 172 cm³/mol. The fourth-order valence-corrected chi connectivity index (χ4v) is 7.88. The summed E-state index contributed by atoms with van der Waals surface area (Å²) >= 11 is 0. The molecule has 40 heavy (non-hydrogen) atoms. The largest absolute Gasteiger partial charge is 0.469 e. The van der Waals surface area contributed by atoms with Gasteiger partial charge in [0.25, 0.3) is 0 Å². The van der Waals surface area contributed by atoms with E-state index in [9.17, 15) is 9.59 Å². The first-order chi connectivity index (χ1) is 18.4. The van der Waals surface area contributed by atoms with E-state index in [1.807, 2.05) is 0 Å². The molecule has 0 N–H and O–H groups in total. The minimum Gasteiger partial charge on any atom is -0.469 e. The Balaban J connectivity index is 2.31. The van der Waals surface area contributed by atoms with Crippen molar-refractivity contribution in [1.29, 1.82) is 0 Å². The molecule has 0 radical (unpaired) electrons. The Labute approximate surface area is 248 Å². The SMILES string of the molecule is COC(=O)CCCCCC=C1C(=O)CC(O[Si](C)(C)C(C)(C)C)C1C=CC(O[Si](C)(C)C(C)(C)C)C1CCCC1. The van der Waals surface area contributed by atoms with E-state index in [1.54, 1.807) is 0 Å². The molecular formula is C33H60O5Si2. The summed E-state index contributed by atoms with van der Waals surface area (Å²) in [6, 6.07) is 0. The third kappa shape index (κ3) is 9.77. The quantitative estimate of drug-likeness (QED) is 0.0701. The first-order valence-corrected chi connectivity index (χ1v) is 21.6. The number of carbonyl (C=O) groups is 2. The smallest absolute Gasteiger partial charge is 0.305 e. The van der Waals surface area contributed by atoms with Crippen LogP contribution < -0.4 is 0 Å². The number of hydrogen-bond donors (Lipinski definition) is 0. The van der Waals surface area contributed by atoms with Crippen LogP contribution in [0.2, 0.25) is 36.3 Å². The van der Waals surface area contributed by atoms with Crippen LogP contribution in [0.4, 0.5) is 0 Å². The highest BCUT2D eigenvalue weighted by Gasteiger charge is 2.45. The maximum absolute atomic E-state index is 13.4. The highest BCUT2D eigenvalue weighted by atomic mass is 28.4. The molecule has 0 saturated heterocycles. The summed E-state index contributed by atoms with van der Waals surface area (Å²) in [5, 5.41) is 0.224. The van der Waals surface area contributed by atoms with E-state index in [4.69, 9.17) is 13.6 Å². The average molecular weight is 593 g/mol. The number of ether oxygens (including phenoxy) is 1. The fraction of sp³-hybridized carbons (Fsp3) is 0.818. The van der Waals surface area contributed by atoms with Gasteiger partial charge >= 0.3 is 5.97 Å². The molecule has 2 fully saturated rings. The van der Waals surface area contributed by atoms with Crippen molar-refractivity contribution in [3.63, 3.8) is 0 Å². The van der Waals surface area contributed by atoms with Crippen LogP contribution in [-0.2, 0) is 23.2 Å². The molecule has 0 heterocycles. The van der Waals surface area contributed by atoms with Crippen LogP contribution in [0.25, 0.3) is 0 Å². The molecule has 5 nitrogen and oxygen atoms in total. The molecule has 2 rings (SSSR count). The molecule has 0 spiro atoms. The lowest BCUT2D eigenvalue weighted by Crippen LogP contribution is -2.45. The molecule has 3 atom stereocenters. The van der Waals surface area contributed by atoms with Crippen LogP contribution in [0.1, 0.15) is 106 Å². The number of allylic oxidation sites excluding steroid dienone is 1. The second kappa shape index (κ2) is 14.4. The monoisotopic (exact) mass is 592 g/mol. The summed E-state index contributed by atoms with van der Waals surface area (Å²) in [4.78, 5) is 24.8. The first kappa shape index (κ1) is 35.2. The van der Waals surface area contributed by atoms with Crippen LogP contribution in [0.5, 0.6) is 0 Å². The van der Waals surface area contributed by atoms with Gasteiger partial charge in [0.15, 0.2) is 22.4 Å². The van der Waals surface area contributed by atoms with E-state index in [0.717, 1.165) is 31.3 Å². The van der Waals surface area contributed by atoms with Crippen molar-refractivity contribution in [3.8, 4) is 0 Å². The van der Waals surface area contributed by atoms with Crippen LogP contribution in [0, 0.1) is 11.8 Å². The molecule has 0 bridgehead atoms. The van der Waals surface area contributed by atoms with Crippen molar-refractivity contribution in [2.24, 2.45) is 11.8 Å². The van der Waals surface area contributed by atoms with Gasteiger partial charge in [0.1, 0.15) is 0 Å². The summed E-state index contributed by atoms with van der Waals surface area (Å²) in [6.07, 6.45) is 16.2. The Morgan fingerprint density at radius 1 is 0.950 bits per heavy atom. The summed E-state index contributed by atoms with van der Waals surface area (Å²) in [5.74, 6) is 0.570. The summed E-state index contributed by atoms with van der Waals surface area (Å²) in [5.41, 5.74) is 0.908. The Bertz CT molecular complexity index is 901. The zero-order chi connectivity index (χ0) is 30.4. The maximum atomic E-state index is 13.4. The minimum atomic E-state index is -2.06. The molecular weight excluding hydrogens is 533 g/mol. The van der Waals surface area contributed by atoms with Gasteiger partial charge in [0, 0.05) is 24.3 Å². The normalized spacial score (nSPS) is 23.5. The lowest BCUT2D eigenvalue weighted by Gasteiger charge is -2.40. The molecule has 0 aromatic carbocycles. The third-order valence-electron chi connectivity index (χ3n) is 10.0.